The lowest BCUT2D eigenvalue weighted by atomic mass is 9.78. The highest BCUT2D eigenvalue weighted by Crippen LogP contribution is 2.50. The van der Waals surface area contributed by atoms with Crippen LogP contribution in [0, 0.1) is 0 Å². The molecule has 0 bridgehead atoms. The van der Waals surface area contributed by atoms with Gasteiger partial charge in [0.2, 0.25) is 0 Å². The van der Waals surface area contributed by atoms with Gasteiger partial charge in [-0.05, 0) is 16.5 Å². The topological polar surface area (TPSA) is 55.8 Å². The van der Waals surface area contributed by atoms with Crippen molar-refractivity contribution >= 4 is 16.7 Å². The maximum absolute atomic E-state index is 12.0. The molecule has 142 valence electrons. The largest absolute Gasteiger partial charge is 0.477 e. The SMILES string of the molecule is O=C(O)C1Oc2c(ccc3ccccc23)C(c2ccccc2)(c2ccccc2)O1. The fourth-order valence-electron chi connectivity index (χ4n) is 4.06. The van der Waals surface area contributed by atoms with Crippen LogP contribution < -0.4 is 4.74 Å². The van der Waals surface area contributed by atoms with Gasteiger partial charge in [0.05, 0.1) is 0 Å². The summed E-state index contributed by atoms with van der Waals surface area (Å²) in [5.74, 6) is -0.630. The van der Waals surface area contributed by atoms with Gasteiger partial charge in [0, 0.05) is 10.9 Å². The Morgan fingerprint density at radius 2 is 1.34 bits per heavy atom. The van der Waals surface area contributed by atoms with Crippen LogP contribution in [0.2, 0.25) is 0 Å². The maximum Gasteiger partial charge on any atom is 0.373 e. The molecule has 4 aromatic carbocycles. The molecule has 1 atom stereocenters. The van der Waals surface area contributed by atoms with Crippen molar-refractivity contribution in [3.8, 4) is 5.75 Å². The third kappa shape index (κ3) is 2.69. The molecule has 4 heteroatoms. The lowest BCUT2D eigenvalue weighted by Crippen LogP contribution is -2.46. The minimum Gasteiger partial charge on any atom is -0.477 e. The van der Waals surface area contributed by atoms with Crippen molar-refractivity contribution in [1.29, 1.82) is 0 Å². The minimum atomic E-state index is -1.44. The van der Waals surface area contributed by atoms with Crippen molar-refractivity contribution in [3.05, 3.63) is 114 Å². The molecule has 4 nitrogen and oxygen atoms in total. The van der Waals surface area contributed by atoms with Gasteiger partial charge in [-0.3, -0.25) is 0 Å². The molecule has 0 saturated heterocycles. The molecule has 1 heterocycles. The Hall–Kier alpha value is -3.63. The summed E-state index contributed by atoms with van der Waals surface area (Å²) < 4.78 is 12.1. The van der Waals surface area contributed by atoms with E-state index in [-0.39, 0.29) is 0 Å². The number of rotatable bonds is 3. The number of carboxylic acid groups (broad SMARTS) is 1. The first kappa shape index (κ1) is 17.5. The fraction of sp³-hybridized carbons (Fsp3) is 0.0800. The van der Waals surface area contributed by atoms with Gasteiger partial charge in [-0.15, -0.1) is 0 Å². The van der Waals surface area contributed by atoms with Gasteiger partial charge in [0.15, 0.2) is 5.60 Å². The van der Waals surface area contributed by atoms with Crippen LogP contribution in [0.4, 0.5) is 0 Å². The first-order valence-corrected chi connectivity index (χ1v) is 9.41. The van der Waals surface area contributed by atoms with E-state index >= 15 is 0 Å². The van der Waals surface area contributed by atoms with Crippen LogP contribution in [0.1, 0.15) is 16.7 Å². The fourth-order valence-corrected chi connectivity index (χ4v) is 4.06. The second-order valence-electron chi connectivity index (χ2n) is 6.98. The highest BCUT2D eigenvalue weighted by Gasteiger charge is 2.48. The molecule has 1 unspecified atom stereocenters. The molecule has 1 aliphatic rings. The third-order valence-electron chi connectivity index (χ3n) is 5.33. The molecule has 29 heavy (non-hydrogen) atoms. The zero-order valence-electron chi connectivity index (χ0n) is 15.5. The van der Waals surface area contributed by atoms with Crippen molar-refractivity contribution in [2.45, 2.75) is 11.9 Å². The van der Waals surface area contributed by atoms with E-state index in [1.54, 1.807) is 0 Å². The summed E-state index contributed by atoms with van der Waals surface area (Å²) >= 11 is 0. The predicted molar refractivity (Wildman–Crippen MR) is 110 cm³/mol. The van der Waals surface area contributed by atoms with Crippen LogP contribution in [0.15, 0.2) is 97.1 Å². The zero-order valence-corrected chi connectivity index (χ0v) is 15.5. The number of hydrogen-bond donors (Lipinski definition) is 1. The van der Waals surface area contributed by atoms with Crippen LogP contribution in [0.5, 0.6) is 5.75 Å². The summed E-state index contributed by atoms with van der Waals surface area (Å²) in [5, 5.41) is 11.6. The minimum absolute atomic E-state index is 0.537. The van der Waals surface area contributed by atoms with Gasteiger partial charge in [-0.2, -0.15) is 0 Å². The third-order valence-corrected chi connectivity index (χ3v) is 5.33. The molecule has 0 saturated carbocycles. The average Bonchev–Trinajstić information content (AvgIpc) is 2.79. The van der Waals surface area contributed by atoms with Gasteiger partial charge in [-0.1, -0.05) is 97.1 Å². The van der Waals surface area contributed by atoms with Crippen molar-refractivity contribution in [2.75, 3.05) is 0 Å². The highest BCUT2D eigenvalue weighted by molar-refractivity contribution is 5.91. The van der Waals surface area contributed by atoms with Crippen LogP contribution in [-0.2, 0) is 15.1 Å². The lowest BCUT2D eigenvalue weighted by Gasteiger charge is -2.42. The Labute approximate surface area is 167 Å². The summed E-state index contributed by atoms with van der Waals surface area (Å²) in [4.78, 5) is 12.0. The molecule has 1 N–H and O–H groups in total. The number of ether oxygens (including phenoxy) is 2. The van der Waals surface area contributed by atoms with E-state index in [1.807, 2.05) is 97.1 Å². The number of benzene rings is 4. The van der Waals surface area contributed by atoms with Crippen LogP contribution >= 0.6 is 0 Å². The molecule has 0 aromatic heterocycles. The maximum atomic E-state index is 12.0. The molecular formula is C25H18O4. The molecule has 0 aliphatic carbocycles. The van der Waals surface area contributed by atoms with E-state index in [2.05, 4.69) is 0 Å². The zero-order chi connectivity index (χ0) is 19.8. The Morgan fingerprint density at radius 1 is 0.759 bits per heavy atom. The normalized spacial score (nSPS) is 17.3. The second kappa shape index (κ2) is 6.76. The van der Waals surface area contributed by atoms with Crippen molar-refractivity contribution < 1.29 is 19.4 Å². The predicted octanol–water partition coefficient (Wildman–Crippen LogP) is 4.95. The average molecular weight is 382 g/mol. The highest BCUT2D eigenvalue weighted by atomic mass is 16.7. The Morgan fingerprint density at radius 3 is 1.97 bits per heavy atom. The molecule has 0 radical (unpaired) electrons. The van der Waals surface area contributed by atoms with Gasteiger partial charge in [-0.25, -0.2) is 4.79 Å². The first-order chi connectivity index (χ1) is 14.2. The summed E-state index contributed by atoms with van der Waals surface area (Å²) in [6.45, 7) is 0. The number of hydrogen-bond acceptors (Lipinski definition) is 3. The van der Waals surface area contributed by atoms with E-state index in [0.29, 0.717) is 5.75 Å². The van der Waals surface area contributed by atoms with Crippen molar-refractivity contribution in [1.82, 2.24) is 0 Å². The van der Waals surface area contributed by atoms with E-state index in [1.165, 1.54) is 0 Å². The van der Waals surface area contributed by atoms with E-state index in [0.717, 1.165) is 27.5 Å². The molecule has 0 spiro atoms. The van der Waals surface area contributed by atoms with Crippen molar-refractivity contribution in [3.63, 3.8) is 0 Å². The monoisotopic (exact) mass is 382 g/mol. The van der Waals surface area contributed by atoms with Gasteiger partial charge in [0.1, 0.15) is 5.75 Å². The summed E-state index contributed by atoms with van der Waals surface area (Å²) in [6, 6.07) is 31.2. The van der Waals surface area contributed by atoms with Crippen LogP contribution in [-0.4, -0.2) is 17.4 Å². The molecule has 0 amide bonds. The van der Waals surface area contributed by atoms with Gasteiger partial charge in [0.25, 0.3) is 0 Å². The lowest BCUT2D eigenvalue weighted by molar-refractivity contribution is -0.196. The molecule has 1 aliphatic heterocycles. The van der Waals surface area contributed by atoms with E-state index in [4.69, 9.17) is 9.47 Å². The smallest absolute Gasteiger partial charge is 0.373 e. The first-order valence-electron chi connectivity index (χ1n) is 9.41. The van der Waals surface area contributed by atoms with Gasteiger partial charge < -0.3 is 14.6 Å². The number of fused-ring (bicyclic) bond motifs is 3. The van der Waals surface area contributed by atoms with Gasteiger partial charge >= 0.3 is 12.3 Å². The second-order valence-corrected chi connectivity index (χ2v) is 6.98. The van der Waals surface area contributed by atoms with Crippen LogP contribution in [0.3, 0.4) is 0 Å². The Bertz CT molecular complexity index is 1150. The molecule has 4 aromatic rings. The van der Waals surface area contributed by atoms with E-state index in [9.17, 15) is 9.90 Å². The quantitative estimate of drug-likeness (QED) is 0.545. The molecule has 5 rings (SSSR count). The molecular weight excluding hydrogens is 364 g/mol. The summed E-state index contributed by atoms with van der Waals surface area (Å²) in [7, 11) is 0. The molecule has 0 fully saturated rings. The Balaban J connectivity index is 1.90. The standard InChI is InChI=1S/C25H18O4/c26-23(27)24-28-22-20-14-8-7-9-17(20)15-16-21(22)25(29-24,18-10-3-1-4-11-18)19-12-5-2-6-13-19/h1-16,24H,(H,26,27). The summed E-state index contributed by atoms with van der Waals surface area (Å²) in [6.07, 6.45) is -1.44. The van der Waals surface area contributed by atoms with Crippen molar-refractivity contribution in [2.24, 2.45) is 0 Å². The number of carbonyl (C=O) groups is 1. The number of carboxylic acids is 1. The van der Waals surface area contributed by atoms with E-state index < -0.39 is 17.9 Å². The van der Waals surface area contributed by atoms with Crippen LogP contribution in [0.25, 0.3) is 10.8 Å². The number of aliphatic carboxylic acids is 1. The summed E-state index contributed by atoms with van der Waals surface area (Å²) in [5.41, 5.74) is 1.36. The Kier molecular flexibility index (Phi) is 4.07.